The maximum atomic E-state index is 12.5. The highest BCUT2D eigenvalue weighted by Gasteiger charge is 2.29. The van der Waals surface area contributed by atoms with Crippen molar-refractivity contribution >= 4 is 28.6 Å². The molecule has 3 rings (SSSR count). The Hall–Kier alpha value is -3.35. The first-order valence-electron chi connectivity index (χ1n) is 7.92. The molecule has 0 unspecified atom stereocenters. The van der Waals surface area contributed by atoms with E-state index in [1.165, 1.54) is 12.3 Å². The third-order valence-electron chi connectivity index (χ3n) is 3.85. The molecule has 0 atom stereocenters. The van der Waals surface area contributed by atoms with E-state index in [2.05, 4.69) is 5.32 Å². The quantitative estimate of drug-likeness (QED) is 0.673. The number of benzene rings is 2. The summed E-state index contributed by atoms with van der Waals surface area (Å²) in [6.45, 7) is 1.85. The first-order chi connectivity index (χ1) is 12.7. The summed E-state index contributed by atoms with van der Waals surface area (Å²) in [5, 5.41) is 2.83. The maximum absolute atomic E-state index is 12.5. The van der Waals surface area contributed by atoms with Crippen LogP contribution in [0.5, 0.6) is 0 Å². The van der Waals surface area contributed by atoms with E-state index in [0.29, 0.717) is 11.0 Å². The molecule has 0 saturated carbocycles. The van der Waals surface area contributed by atoms with Crippen molar-refractivity contribution in [1.29, 1.82) is 0 Å². The van der Waals surface area contributed by atoms with Gasteiger partial charge in [-0.2, -0.15) is 13.2 Å². The molecule has 1 aromatic heterocycles. The lowest BCUT2D eigenvalue weighted by molar-refractivity contribution is -0.137. The molecule has 27 heavy (non-hydrogen) atoms. The van der Waals surface area contributed by atoms with Gasteiger partial charge < -0.3 is 9.73 Å². The smallest absolute Gasteiger partial charge is 0.416 e. The van der Waals surface area contributed by atoms with E-state index in [1.54, 1.807) is 12.1 Å². The monoisotopic (exact) mass is 373 g/mol. The van der Waals surface area contributed by atoms with Crippen molar-refractivity contribution in [2.75, 3.05) is 5.32 Å². The molecule has 0 fully saturated rings. The zero-order valence-electron chi connectivity index (χ0n) is 14.1. The van der Waals surface area contributed by atoms with Gasteiger partial charge in [0.05, 0.1) is 16.5 Å². The van der Waals surface area contributed by atoms with Crippen LogP contribution in [0.3, 0.4) is 0 Å². The van der Waals surface area contributed by atoms with Crippen LogP contribution in [-0.2, 0) is 11.0 Å². The van der Waals surface area contributed by atoms with Crippen LogP contribution < -0.4 is 10.7 Å². The summed E-state index contributed by atoms with van der Waals surface area (Å²) in [4.78, 5) is 24.4. The lowest BCUT2D eigenvalue weighted by Crippen LogP contribution is -2.10. The minimum absolute atomic E-state index is 0.190. The lowest BCUT2D eigenvalue weighted by Gasteiger charge is -2.07. The second-order valence-corrected chi connectivity index (χ2v) is 5.92. The molecular formula is C20H14F3NO3. The summed E-state index contributed by atoms with van der Waals surface area (Å²) in [5.41, 5.74) is 0.654. The van der Waals surface area contributed by atoms with Crippen LogP contribution in [0, 0.1) is 6.92 Å². The van der Waals surface area contributed by atoms with Crippen molar-refractivity contribution in [2.24, 2.45) is 0 Å². The lowest BCUT2D eigenvalue weighted by atomic mass is 10.1. The molecule has 7 heteroatoms. The van der Waals surface area contributed by atoms with E-state index in [9.17, 15) is 22.8 Å². The summed E-state index contributed by atoms with van der Waals surface area (Å²) in [7, 11) is 0. The SMILES string of the molecule is Cc1ccc2occ(/C=C/C(=O)Nc3ccc(C(F)(F)F)cc3)c(=O)c2c1. The number of aryl methyl sites for hydroxylation is 1. The molecule has 0 bridgehead atoms. The predicted octanol–water partition coefficient (Wildman–Crippen LogP) is 4.77. The van der Waals surface area contributed by atoms with E-state index in [0.717, 1.165) is 35.9 Å². The van der Waals surface area contributed by atoms with Gasteiger partial charge >= 0.3 is 6.18 Å². The summed E-state index contributed by atoms with van der Waals surface area (Å²) in [5.74, 6) is -0.585. The molecule has 4 nitrogen and oxygen atoms in total. The summed E-state index contributed by atoms with van der Waals surface area (Å²) >= 11 is 0. The van der Waals surface area contributed by atoms with E-state index in [1.807, 2.05) is 13.0 Å². The average molecular weight is 373 g/mol. The van der Waals surface area contributed by atoms with Gasteiger partial charge in [-0.1, -0.05) is 11.6 Å². The molecule has 0 aliphatic rings. The molecule has 1 heterocycles. The van der Waals surface area contributed by atoms with Crippen molar-refractivity contribution in [2.45, 2.75) is 13.1 Å². The minimum atomic E-state index is -4.44. The van der Waals surface area contributed by atoms with Gasteiger partial charge in [0, 0.05) is 11.8 Å². The minimum Gasteiger partial charge on any atom is -0.463 e. The zero-order valence-corrected chi connectivity index (χ0v) is 14.1. The van der Waals surface area contributed by atoms with Crippen molar-refractivity contribution in [1.82, 2.24) is 0 Å². The van der Waals surface area contributed by atoms with Gasteiger partial charge in [-0.3, -0.25) is 9.59 Å². The van der Waals surface area contributed by atoms with E-state index in [-0.39, 0.29) is 16.7 Å². The topological polar surface area (TPSA) is 59.3 Å². The Bertz CT molecular complexity index is 1080. The van der Waals surface area contributed by atoms with Gasteiger partial charge in [-0.15, -0.1) is 0 Å². The highest BCUT2D eigenvalue weighted by atomic mass is 19.4. The zero-order chi connectivity index (χ0) is 19.6. The number of hydrogen-bond acceptors (Lipinski definition) is 3. The van der Waals surface area contributed by atoms with Crippen LogP contribution in [0.1, 0.15) is 16.7 Å². The highest BCUT2D eigenvalue weighted by molar-refractivity contribution is 6.02. The normalized spacial score (nSPS) is 11.9. The van der Waals surface area contributed by atoms with Gasteiger partial charge in [0.1, 0.15) is 11.8 Å². The summed E-state index contributed by atoms with van der Waals surface area (Å²) < 4.78 is 43.0. The van der Waals surface area contributed by atoms with Gasteiger partial charge in [0.25, 0.3) is 0 Å². The Labute approximate surface area is 151 Å². The van der Waals surface area contributed by atoms with E-state index in [4.69, 9.17) is 4.42 Å². The summed E-state index contributed by atoms with van der Waals surface area (Å²) in [6, 6.07) is 9.26. The average Bonchev–Trinajstić information content (AvgIpc) is 2.61. The van der Waals surface area contributed by atoms with E-state index < -0.39 is 17.6 Å². The number of carbonyl (C=O) groups is 1. The van der Waals surface area contributed by atoms with Crippen LogP contribution in [0.2, 0.25) is 0 Å². The third kappa shape index (κ3) is 4.25. The first-order valence-corrected chi connectivity index (χ1v) is 7.92. The van der Waals surface area contributed by atoms with Crippen molar-refractivity contribution in [3.63, 3.8) is 0 Å². The molecule has 0 saturated heterocycles. The summed E-state index contributed by atoms with van der Waals surface area (Å²) in [6.07, 6.45) is -0.772. The second kappa shape index (κ2) is 7.11. The number of halogens is 3. The van der Waals surface area contributed by atoms with E-state index >= 15 is 0 Å². The second-order valence-electron chi connectivity index (χ2n) is 5.92. The fourth-order valence-electron chi connectivity index (χ4n) is 2.47. The molecule has 1 N–H and O–H groups in total. The van der Waals surface area contributed by atoms with Crippen LogP contribution in [0.25, 0.3) is 17.0 Å². The van der Waals surface area contributed by atoms with Crippen LogP contribution >= 0.6 is 0 Å². The largest absolute Gasteiger partial charge is 0.463 e. The van der Waals surface area contributed by atoms with Crippen molar-refractivity contribution in [3.05, 3.63) is 81.7 Å². The molecule has 3 aromatic rings. The first kappa shape index (κ1) is 18.4. The Kier molecular flexibility index (Phi) is 4.85. The number of hydrogen-bond donors (Lipinski definition) is 1. The van der Waals surface area contributed by atoms with Gasteiger partial charge in [-0.05, 0) is 49.4 Å². The van der Waals surface area contributed by atoms with Crippen molar-refractivity contribution in [3.8, 4) is 0 Å². The number of alkyl halides is 3. The Morgan fingerprint density at radius 1 is 1.11 bits per heavy atom. The number of carbonyl (C=O) groups excluding carboxylic acids is 1. The predicted molar refractivity (Wildman–Crippen MR) is 96.3 cm³/mol. The van der Waals surface area contributed by atoms with Crippen LogP contribution in [0.4, 0.5) is 18.9 Å². The molecular weight excluding hydrogens is 359 g/mol. The highest BCUT2D eigenvalue weighted by Crippen LogP contribution is 2.29. The molecule has 0 radical (unpaired) electrons. The van der Waals surface area contributed by atoms with Gasteiger partial charge in [-0.25, -0.2) is 0 Å². The Balaban J connectivity index is 1.76. The molecule has 138 valence electrons. The molecule has 1 amide bonds. The maximum Gasteiger partial charge on any atom is 0.416 e. The molecule has 0 aliphatic heterocycles. The van der Waals surface area contributed by atoms with Gasteiger partial charge in [0.15, 0.2) is 5.43 Å². The van der Waals surface area contributed by atoms with Crippen LogP contribution in [-0.4, -0.2) is 5.91 Å². The fourth-order valence-corrected chi connectivity index (χ4v) is 2.47. The Morgan fingerprint density at radius 2 is 1.81 bits per heavy atom. The number of rotatable bonds is 3. The fraction of sp³-hybridized carbons (Fsp3) is 0.100. The number of fused-ring (bicyclic) bond motifs is 1. The third-order valence-corrected chi connectivity index (χ3v) is 3.85. The number of amides is 1. The number of nitrogens with one attached hydrogen (secondary N) is 1. The van der Waals surface area contributed by atoms with Crippen molar-refractivity contribution < 1.29 is 22.4 Å². The van der Waals surface area contributed by atoms with Crippen LogP contribution in [0.15, 0.2) is 64.0 Å². The Morgan fingerprint density at radius 3 is 2.48 bits per heavy atom. The molecule has 2 aromatic carbocycles. The molecule has 0 spiro atoms. The standard InChI is InChI=1S/C20H14F3NO3/c1-12-2-8-17-16(10-12)19(26)13(11-27-17)3-9-18(25)24-15-6-4-14(5-7-15)20(21,22)23/h2-11H,1H3,(H,24,25)/b9-3+. The molecule has 0 aliphatic carbocycles. The number of anilines is 1. The van der Waals surface area contributed by atoms with Gasteiger partial charge in [0.2, 0.25) is 5.91 Å².